The molecule has 0 aliphatic carbocycles. The van der Waals surface area contributed by atoms with E-state index in [1.807, 2.05) is 62.4 Å². The fourth-order valence-corrected chi connectivity index (χ4v) is 3.71. The van der Waals surface area contributed by atoms with Gasteiger partial charge < -0.3 is 9.47 Å². The summed E-state index contributed by atoms with van der Waals surface area (Å²) >= 11 is 0. The molecule has 0 bridgehead atoms. The van der Waals surface area contributed by atoms with E-state index in [1.54, 1.807) is 11.8 Å². The second-order valence-electron chi connectivity index (χ2n) is 6.84. The van der Waals surface area contributed by atoms with Crippen molar-refractivity contribution in [2.75, 3.05) is 7.11 Å². The minimum absolute atomic E-state index is 0.0841. The predicted molar refractivity (Wildman–Crippen MR) is 105 cm³/mol. The largest absolute Gasteiger partial charge is 0.496 e. The van der Waals surface area contributed by atoms with Crippen LogP contribution in [0.5, 0.6) is 11.6 Å². The van der Waals surface area contributed by atoms with Crippen molar-refractivity contribution in [3.63, 3.8) is 0 Å². The van der Waals surface area contributed by atoms with Crippen LogP contribution in [0.3, 0.4) is 0 Å². The molecule has 3 aromatic rings. The number of fused-ring (bicyclic) bond motifs is 1. The topological polar surface area (TPSA) is 83.9 Å². The van der Waals surface area contributed by atoms with Crippen LogP contribution in [0.1, 0.15) is 28.3 Å². The smallest absolute Gasteiger partial charge is 0.228 e. The highest BCUT2D eigenvalue weighted by molar-refractivity contribution is 5.85. The van der Waals surface area contributed by atoms with Crippen molar-refractivity contribution < 1.29 is 9.47 Å². The van der Waals surface area contributed by atoms with Crippen LogP contribution >= 0.6 is 0 Å². The molecule has 0 saturated carbocycles. The molecule has 6 heteroatoms. The lowest BCUT2D eigenvalue weighted by molar-refractivity contribution is 0.393. The molecule has 140 valence electrons. The van der Waals surface area contributed by atoms with Crippen LogP contribution in [-0.2, 0) is 0 Å². The molecular formula is C22H20N4O2. The normalized spacial score (nSPS) is 18.1. The van der Waals surface area contributed by atoms with E-state index in [1.165, 1.54) is 0 Å². The number of nitrogens with zero attached hydrogens (tertiary/aromatic N) is 3. The van der Waals surface area contributed by atoms with Crippen molar-refractivity contribution in [3.05, 3.63) is 70.9 Å². The molecule has 1 N–H and O–H groups in total. The second kappa shape index (κ2) is 6.86. The lowest BCUT2D eigenvalue weighted by Crippen LogP contribution is -2.31. The summed E-state index contributed by atoms with van der Waals surface area (Å²) in [6, 6.07) is 17.8. The van der Waals surface area contributed by atoms with Crippen LogP contribution in [0.4, 0.5) is 0 Å². The van der Waals surface area contributed by atoms with E-state index in [0.29, 0.717) is 11.6 Å². The Labute approximate surface area is 163 Å². The molecule has 0 radical (unpaired) electrons. The third-order valence-corrected chi connectivity index (χ3v) is 5.09. The highest BCUT2D eigenvalue weighted by Crippen LogP contribution is 2.46. The number of para-hydroxylation sites is 1. The fraction of sp³-hybridized carbons (Fsp3) is 0.227. The molecule has 1 aliphatic rings. The Morgan fingerprint density at radius 1 is 1.14 bits per heavy atom. The third kappa shape index (κ3) is 2.72. The summed E-state index contributed by atoms with van der Waals surface area (Å²) in [7, 11) is 1.61. The second-order valence-corrected chi connectivity index (χ2v) is 6.84. The van der Waals surface area contributed by atoms with Crippen molar-refractivity contribution in [1.82, 2.24) is 9.78 Å². The fourth-order valence-electron chi connectivity index (χ4n) is 3.71. The lowest BCUT2D eigenvalue weighted by atomic mass is 9.79. The number of nitrogens with one attached hydrogen (secondary N) is 1. The van der Waals surface area contributed by atoms with Crippen LogP contribution in [0.2, 0.25) is 0 Å². The quantitative estimate of drug-likeness (QED) is 0.749. The maximum Gasteiger partial charge on any atom is 0.228 e. The highest BCUT2D eigenvalue weighted by atomic mass is 16.5. The molecule has 0 amide bonds. The lowest BCUT2D eigenvalue weighted by Gasteiger charge is -2.29. The molecule has 0 spiro atoms. The molecule has 2 atom stereocenters. The number of rotatable bonds is 3. The molecule has 28 heavy (non-hydrogen) atoms. The van der Waals surface area contributed by atoms with E-state index >= 15 is 0 Å². The van der Waals surface area contributed by atoms with Gasteiger partial charge in [0.05, 0.1) is 24.6 Å². The molecule has 2 heterocycles. The van der Waals surface area contributed by atoms with Crippen molar-refractivity contribution in [2.45, 2.75) is 19.8 Å². The van der Waals surface area contributed by atoms with Gasteiger partial charge in [-0.3, -0.25) is 5.41 Å². The molecule has 2 aromatic carbocycles. The van der Waals surface area contributed by atoms with Gasteiger partial charge >= 0.3 is 0 Å². The number of methoxy groups -OCH3 is 1. The van der Waals surface area contributed by atoms with Crippen LogP contribution in [0.25, 0.3) is 5.69 Å². The summed E-state index contributed by atoms with van der Waals surface area (Å²) in [6.45, 7) is 3.92. The van der Waals surface area contributed by atoms with Gasteiger partial charge in [-0.05, 0) is 32.0 Å². The summed E-state index contributed by atoms with van der Waals surface area (Å²) in [5.41, 5.74) is 4.41. The Bertz CT molecular complexity index is 1090. The maximum absolute atomic E-state index is 9.79. The Hall–Kier alpha value is -3.59. The van der Waals surface area contributed by atoms with Gasteiger partial charge in [0, 0.05) is 17.0 Å². The number of nitriles is 1. The third-order valence-electron chi connectivity index (χ3n) is 5.09. The molecule has 0 saturated heterocycles. The minimum atomic E-state index is -0.752. The average Bonchev–Trinajstić information content (AvgIpc) is 3.03. The van der Waals surface area contributed by atoms with Crippen LogP contribution in [0.15, 0.2) is 48.5 Å². The summed E-state index contributed by atoms with van der Waals surface area (Å²) in [5.74, 6) is -0.0708. The molecule has 1 aliphatic heterocycles. The standard InChI is InChI=1S/C22H20N4O2/c1-13-8-10-15(11-9-13)26-22-19(14(2)25-26)20(17(12-23)21(24)28-22)16-6-4-5-7-18(16)27-3/h4-11,17,20,24H,1-3H3. The zero-order chi connectivity index (χ0) is 19.8. The zero-order valence-electron chi connectivity index (χ0n) is 15.9. The first-order valence-corrected chi connectivity index (χ1v) is 9.00. The van der Waals surface area contributed by atoms with Crippen LogP contribution in [-0.4, -0.2) is 22.8 Å². The summed E-state index contributed by atoms with van der Waals surface area (Å²) in [5, 5.41) is 22.8. The maximum atomic E-state index is 9.79. The Balaban J connectivity index is 1.95. The van der Waals surface area contributed by atoms with Crippen LogP contribution < -0.4 is 9.47 Å². The van der Waals surface area contributed by atoms with Crippen molar-refractivity contribution >= 4 is 5.90 Å². The number of aryl methyl sites for hydroxylation is 2. The molecular weight excluding hydrogens is 352 g/mol. The number of aromatic nitrogens is 2. The summed E-state index contributed by atoms with van der Waals surface area (Å²) in [6.07, 6.45) is 0. The van der Waals surface area contributed by atoms with E-state index in [-0.39, 0.29) is 5.90 Å². The summed E-state index contributed by atoms with van der Waals surface area (Å²) in [4.78, 5) is 0. The summed E-state index contributed by atoms with van der Waals surface area (Å²) < 4.78 is 13.1. The monoisotopic (exact) mass is 372 g/mol. The molecule has 1 aromatic heterocycles. The minimum Gasteiger partial charge on any atom is -0.496 e. The van der Waals surface area contributed by atoms with Gasteiger partial charge in [-0.15, -0.1) is 0 Å². The SMILES string of the molecule is COc1ccccc1C1c2c(C)nn(-c3ccc(C)cc3)c2OC(=N)C1C#N. The Kier molecular flexibility index (Phi) is 4.36. The van der Waals surface area contributed by atoms with E-state index in [4.69, 9.17) is 14.9 Å². The molecule has 4 rings (SSSR count). The van der Waals surface area contributed by atoms with Gasteiger partial charge in [-0.1, -0.05) is 35.9 Å². The van der Waals surface area contributed by atoms with E-state index in [0.717, 1.165) is 28.1 Å². The highest BCUT2D eigenvalue weighted by Gasteiger charge is 2.42. The average molecular weight is 372 g/mol. The number of hydrogen-bond acceptors (Lipinski definition) is 5. The first-order valence-electron chi connectivity index (χ1n) is 9.00. The number of hydrogen-bond donors (Lipinski definition) is 1. The van der Waals surface area contributed by atoms with Crippen molar-refractivity contribution in [3.8, 4) is 23.4 Å². The van der Waals surface area contributed by atoms with Gasteiger partial charge in [-0.25, -0.2) is 4.68 Å². The predicted octanol–water partition coefficient (Wildman–Crippen LogP) is 4.14. The number of benzene rings is 2. The van der Waals surface area contributed by atoms with Gasteiger partial charge in [-0.2, -0.15) is 10.4 Å². The van der Waals surface area contributed by atoms with Gasteiger partial charge in [0.1, 0.15) is 11.7 Å². The van der Waals surface area contributed by atoms with E-state index in [9.17, 15) is 5.26 Å². The zero-order valence-corrected chi connectivity index (χ0v) is 15.9. The molecule has 0 fully saturated rings. The Morgan fingerprint density at radius 3 is 2.54 bits per heavy atom. The number of ether oxygens (including phenoxy) is 2. The molecule has 6 nitrogen and oxygen atoms in total. The van der Waals surface area contributed by atoms with Crippen LogP contribution in [0, 0.1) is 36.5 Å². The Morgan fingerprint density at radius 2 is 1.86 bits per heavy atom. The van der Waals surface area contributed by atoms with Gasteiger partial charge in [0.15, 0.2) is 0 Å². The van der Waals surface area contributed by atoms with Crippen molar-refractivity contribution in [2.24, 2.45) is 5.92 Å². The first-order chi connectivity index (χ1) is 13.5. The van der Waals surface area contributed by atoms with Gasteiger partial charge in [0.25, 0.3) is 0 Å². The first kappa shape index (κ1) is 17.8. The van der Waals surface area contributed by atoms with E-state index < -0.39 is 11.8 Å². The van der Waals surface area contributed by atoms with E-state index in [2.05, 4.69) is 11.2 Å². The molecule has 2 unspecified atom stereocenters. The van der Waals surface area contributed by atoms with Gasteiger partial charge in [0.2, 0.25) is 11.8 Å². The van der Waals surface area contributed by atoms with Crippen molar-refractivity contribution in [1.29, 1.82) is 10.7 Å².